The highest BCUT2D eigenvalue weighted by Crippen LogP contribution is 2.23. The van der Waals surface area contributed by atoms with E-state index in [2.05, 4.69) is 5.10 Å². The van der Waals surface area contributed by atoms with E-state index in [4.69, 9.17) is 0 Å². The molecular weight excluding hydrogens is 326 g/mol. The molecule has 122 valence electrons. The summed E-state index contributed by atoms with van der Waals surface area (Å²) in [5.74, 6) is 1.57. The molecule has 0 aromatic heterocycles. The van der Waals surface area contributed by atoms with Crippen molar-refractivity contribution in [1.82, 2.24) is 9.91 Å². The van der Waals surface area contributed by atoms with Gasteiger partial charge in [-0.15, -0.1) is 0 Å². The number of nitrogens with zero attached hydrogens (tertiary/aromatic N) is 3. The Morgan fingerprint density at radius 2 is 1.95 bits per heavy atom. The van der Waals surface area contributed by atoms with E-state index in [1.807, 2.05) is 11.8 Å². The third-order valence-electron chi connectivity index (χ3n) is 4.16. The van der Waals surface area contributed by atoms with Gasteiger partial charge in [0.15, 0.2) is 9.84 Å². The first kappa shape index (κ1) is 15.8. The van der Waals surface area contributed by atoms with Crippen molar-refractivity contribution < 1.29 is 18.0 Å². The molecule has 3 aliphatic heterocycles. The Labute approximate surface area is 134 Å². The second-order valence-corrected chi connectivity index (χ2v) is 9.20. The Kier molecular flexibility index (Phi) is 4.44. The molecule has 1 atom stereocenters. The molecule has 0 saturated carbocycles. The first-order valence-electron chi connectivity index (χ1n) is 7.43. The number of carbonyl (C=O) groups is 2. The highest BCUT2D eigenvalue weighted by Gasteiger charge is 2.37. The topological polar surface area (TPSA) is 87.1 Å². The van der Waals surface area contributed by atoms with E-state index in [0.29, 0.717) is 31.6 Å². The molecule has 9 heteroatoms. The predicted molar refractivity (Wildman–Crippen MR) is 84.5 cm³/mol. The van der Waals surface area contributed by atoms with Crippen LogP contribution < -0.4 is 0 Å². The van der Waals surface area contributed by atoms with Crippen LogP contribution >= 0.6 is 11.8 Å². The van der Waals surface area contributed by atoms with Crippen LogP contribution in [0.15, 0.2) is 5.10 Å². The summed E-state index contributed by atoms with van der Waals surface area (Å²) in [5.41, 5.74) is 0.385. The Morgan fingerprint density at radius 1 is 1.23 bits per heavy atom. The fraction of sp³-hybridized carbons (Fsp3) is 0.769. The van der Waals surface area contributed by atoms with Crippen LogP contribution in [-0.4, -0.2) is 78.0 Å². The van der Waals surface area contributed by atoms with Gasteiger partial charge in [-0.3, -0.25) is 9.59 Å². The standard InChI is InChI=1S/C13H19N3O4S2/c17-12-2-1-11(13(18)15-4-6-21-7-5-15)14-16(12)10-3-8-22(19,20)9-10/h10H,1-9H2/t10-/m0/s1. The first-order chi connectivity index (χ1) is 10.5. The lowest BCUT2D eigenvalue weighted by molar-refractivity contribution is -0.134. The van der Waals surface area contributed by atoms with Crippen molar-refractivity contribution in [3.8, 4) is 0 Å². The van der Waals surface area contributed by atoms with Crippen LogP contribution in [0.4, 0.5) is 0 Å². The number of carbonyl (C=O) groups excluding carboxylic acids is 2. The van der Waals surface area contributed by atoms with Crippen LogP contribution in [0.2, 0.25) is 0 Å². The molecule has 3 aliphatic rings. The maximum Gasteiger partial charge on any atom is 0.270 e. The quantitative estimate of drug-likeness (QED) is 0.687. The zero-order valence-electron chi connectivity index (χ0n) is 12.2. The van der Waals surface area contributed by atoms with Crippen LogP contribution in [0.25, 0.3) is 0 Å². The van der Waals surface area contributed by atoms with Gasteiger partial charge in [-0.25, -0.2) is 13.4 Å². The number of amides is 2. The highest BCUT2D eigenvalue weighted by molar-refractivity contribution is 7.99. The van der Waals surface area contributed by atoms with E-state index >= 15 is 0 Å². The van der Waals surface area contributed by atoms with E-state index in [1.54, 1.807) is 4.90 Å². The first-order valence-corrected chi connectivity index (χ1v) is 10.4. The van der Waals surface area contributed by atoms with Crippen molar-refractivity contribution in [3.63, 3.8) is 0 Å². The van der Waals surface area contributed by atoms with Crippen LogP contribution in [0.1, 0.15) is 19.3 Å². The summed E-state index contributed by atoms with van der Waals surface area (Å²) in [7, 11) is -3.09. The van der Waals surface area contributed by atoms with E-state index in [1.165, 1.54) is 5.01 Å². The van der Waals surface area contributed by atoms with Gasteiger partial charge in [-0.2, -0.15) is 16.9 Å². The molecular formula is C13H19N3O4S2. The molecule has 0 spiro atoms. The van der Waals surface area contributed by atoms with E-state index in [9.17, 15) is 18.0 Å². The molecule has 3 rings (SSSR count). The van der Waals surface area contributed by atoms with E-state index in [-0.39, 0.29) is 29.7 Å². The minimum absolute atomic E-state index is 0.0515. The van der Waals surface area contributed by atoms with Gasteiger partial charge in [0.1, 0.15) is 5.71 Å². The lowest BCUT2D eigenvalue weighted by Gasteiger charge is -2.31. The normalized spacial score (nSPS) is 28.6. The monoisotopic (exact) mass is 345 g/mol. The predicted octanol–water partition coefficient (Wildman–Crippen LogP) is -0.273. The largest absolute Gasteiger partial charge is 0.336 e. The van der Waals surface area contributed by atoms with E-state index in [0.717, 1.165) is 11.5 Å². The number of hydrogen-bond donors (Lipinski definition) is 0. The summed E-state index contributed by atoms with van der Waals surface area (Å²) in [4.78, 5) is 26.3. The number of rotatable bonds is 2. The molecule has 0 aromatic rings. The summed E-state index contributed by atoms with van der Waals surface area (Å²) in [5, 5.41) is 5.47. The summed E-state index contributed by atoms with van der Waals surface area (Å²) in [6, 6.07) is -0.419. The average Bonchev–Trinajstić information content (AvgIpc) is 2.88. The van der Waals surface area contributed by atoms with Gasteiger partial charge >= 0.3 is 0 Å². The van der Waals surface area contributed by atoms with Gasteiger partial charge in [-0.05, 0) is 6.42 Å². The second kappa shape index (κ2) is 6.19. The number of sulfone groups is 1. The molecule has 2 fully saturated rings. The SMILES string of the molecule is O=C(C1=NN([C@H]2CCS(=O)(=O)C2)C(=O)CC1)N1CCSCC1. The maximum atomic E-state index is 12.5. The molecule has 0 N–H and O–H groups in total. The van der Waals surface area contributed by atoms with Crippen molar-refractivity contribution >= 4 is 39.1 Å². The molecule has 0 aliphatic carbocycles. The van der Waals surface area contributed by atoms with Gasteiger partial charge in [0.05, 0.1) is 17.5 Å². The molecule has 2 amide bonds. The molecule has 7 nitrogen and oxygen atoms in total. The van der Waals surface area contributed by atoms with Gasteiger partial charge in [0, 0.05) is 37.4 Å². The Morgan fingerprint density at radius 3 is 2.59 bits per heavy atom. The molecule has 0 radical (unpaired) electrons. The van der Waals surface area contributed by atoms with Crippen molar-refractivity contribution in [2.24, 2.45) is 5.10 Å². The third-order valence-corrected chi connectivity index (χ3v) is 6.85. The molecule has 0 unspecified atom stereocenters. The van der Waals surface area contributed by atoms with Crippen molar-refractivity contribution in [2.45, 2.75) is 25.3 Å². The maximum absolute atomic E-state index is 12.5. The fourth-order valence-corrected chi connectivity index (χ4v) is 5.52. The number of hydrogen-bond acceptors (Lipinski definition) is 6. The molecule has 0 bridgehead atoms. The number of hydrazone groups is 1. The van der Waals surface area contributed by atoms with Gasteiger partial charge in [-0.1, -0.05) is 0 Å². The third kappa shape index (κ3) is 3.29. The van der Waals surface area contributed by atoms with Crippen LogP contribution in [0.5, 0.6) is 0 Å². The second-order valence-electron chi connectivity index (χ2n) is 5.75. The zero-order valence-corrected chi connectivity index (χ0v) is 13.9. The summed E-state index contributed by atoms with van der Waals surface area (Å²) >= 11 is 1.82. The minimum atomic E-state index is -3.09. The molecule has 22 heavy (non-hydrogen) atoms. The van der Waals surface area contributed by atoms with Gasteiger partial charge < -0.3 is 4.90 Å². The summed E-state index contributed by atoms with van der Waals surface area (Å²) in [6.45, 7) is 1.41. The summed E-state index contributed by atoms with van der Waals surface area (Å²) in [6.07, 6.45) is 0.973. The lowest BCUT2D eigenvalue weighted by Crippen LogP contribution is -2.46. The fourth-order valence-electron chi connectivity index (χ4n) is 2.93. The van der Waals surface area contributed by atoms with Crippen molar-refractivity contribution in [3.05, 3.63) is 0 Å². The van der Waals surface area contributed by atoms with Crippen LogP contribution in [0.3, 0.4) is 0 Å². The highest BCUT2D eigenvalue weighted by atomic mass is 32.2. The van der Waals surface area contributed by atoms with Crippen LogP contribution in [-0.2, 0) is 19.4 Å². The van der Waals surface area contributed by atoms with Gasteiger partial charge in [0.25, 0.3) is 5.91 Å². The summed E-state index contributed by atoms with van der Waals surface area (Å²) < 4.78 is 23.2. The van der Waals surface area contributed by atoms with Gasteiger partial charge in [0.2, 0.25) is 5.91 Å². The molecule has 3 heterocycles. The molecule has 2 saturated heterocycles. The minimum Gasteiger partial charge on any atom is -0.336 e. The van der Waals surface area contributed by atoms with Crippen molar-refractivity contribution in [1.29, 1.82) is 0 Å². The smallest absolute Gasteiger partial charge is 0.270 e. The number of thioether (sulfide) groups is 1. The Hall–Kier alpha value is -1.09. The van der Waals surface area contributed by atoms with Crippen LogP contribution in [0, 0.1) is 0 Å². The molecule has 0 aromatic carbocycles. The Bertz CT molecular complexity index is 611. The van der Waals surface area contributed by atoms with E-state index < -0.39 is 15.9 Å². The van der Waals surface area contributed by atoms with Crippen molar-refractivity contribution in [2.75, 3.05) is 36.1 Å². The Balaban J connectivity index is 1.76. The zero-order chi connectivity index (χ0) is 15.7. The average molecular weight is 345 g/mol. The lowest BCUT2D eigenvalue weighted by atomic mass is 10.1.